The summed E-state index contributed by atoms with van der Waals surface area (Å²) in [5.74, 6) is 2.49. The Morgan fingerprint density at radius 1 is 1.29 bits per heavy atom. The van der Waals surface area contributed by atoms with Crippen molar-refractivity contribution in [3.8, 4) is 0 Å². The Morgan fingerprint density at radius 2 is 2.00 bits per heavy atom. The van der Waals surface area contributed by atoms with Crippen molar-refractivity contribution in [1.29, 1.82) is 0 Å². The predicted octanol–water partition coefficient (Wildman–Crippen LogP) is 2.21. The molecule has 2 fully saturated rings. The normalized spacial score (nSPS) is 22.4. The lowest BCUT2D eigenvalue weighted by Gasteiger charge is -2.21. The average Bonchev–Trinajstić information content (AvgIpc) is 2.83. The zero-order valence-electron chi connectivity index (χ0n) is 10.0. The van der Waals surface area contributed by atoms with Crippen LogP contribution in [0.3, 0.4) is 0 Å². The summed E-state index contributed by atoms with van der Waals surface area (Å²) in [6.45, 7) is 0.637. The van der Waals surface area contributed by atoms with Crippen LogP contribution in [-0.4, -0.2) is 16.7 Å². The van der Waals surface area contributed by atoms with Gasteiger partial charge in [-0.1, -0.05) is 18.0 Å². The molecule has 0 spiro atoms. The van der Waals surface area contributed by atoms with Crippen LogP contribution in [-0.2, 0) is 11.8 Å². The third-order valence-electron chi connectivity index (χ3n) is 4.04. The van der Waals surface area contributed by atoms with Gasteiger partial charge in [-0.3, -0.25) is 0 Å². The standard InChI is InChI=1S/C12H19N3O.ClH/c13-8-12(5-1-2-6-12)11-14-10(15-16-11)7-9-3-4-9;/h9H,1-8,13H2;1H. The van der Waals surface area contributed by atoms with Gasteiger partial charge < -0.3 is 10.3 Å². The Morgan fingerprint density at radius 3 is 2.59 bits per heavy atom. The van der Waals surface area contributed by atoms with Gasteiger partial charge in [-0.05, 0) is 31.6 Å². The van der Waals surface area contributed by atoms with Crippen LogP contribution < -0.4 is 5.73 Å². The molecule has 2 aliphatic rings. The second kappa shape index (κ2) is 4.94. The van der Waals surface area contributed by atoms with E-state index in [1.807, 2.05) is 0 Å². The molecule has 0 atom stereocenters. The van der Waals surface area contributed by atoms with E-state index in [1.165, 1.54) is 25.7 Å². The van der Waals surface area contributed by atoms with Crippen molar-refractivity contribution >= 4 is 12.4 Å². The minimum atomic E-state index is -0.00516. The summed E-state index contributed by atoms with van der Waals surface area (Å²) < 4.78 is 5.43. The van der Waals surface area contributed by atoms with Crippen molar-refractivity contribution in [3.05, 3.63) is 11.7 Å². The van der Waals surface area contributed by atoms with E-state index in [-0.39, 0.29) is 17.8 Å². The number of nitrogens with zero attached hydrogens (tertiary/aromatic N) is 2. The van der Waals surface area contributed by atoms with Gasteiger partial charge in [0, 0.05) is 13.0 Å². The van der Waals surface area contributed by atoms with Crippen LogP contribution >= 0.6 is 12.4 Å². The van der Waals surface area contributed by atoms with Gasteiger partial charge in [0.05, 0.1) is 5.41 Å². The van der Waals surface area contributed by atoms with Crippen LogP contribution in [0, 0.1) is 5.92 Å². The highest BCUT2D eigenvalue weighted by Gasteiger charge is 2.39. The van der Waals surface area contributed by atoms with Gasteiger partial charge >= 0.3 is 0 Å². The fourth-order valence-corrected chi connectivity index (χ4v) is 2.69. The van der Waals surface area contributed by atoms with E-state index in [1.54, 1.807) is 0 Å². The first-order valence-corrected chi connectivity index (χ1v) is 6.35. The van der Waals surface area contributed by atoms with Gasteiger partial charge in [0.1, 0.15) is 0 Å². The van der Waals surface area contributed by atoms with E-state index in [0.717, 1.165) is 36.9 Å². The molecule has 2 aliphatic carbocycles. The van der Waals surface area contributed by atoms with Gasteiger partial charge in [0.15, 0.2) is 5.82 Å². The third kappa shape index (κ3) is 2.47. The molecule has 96 valence electrons. The van der Waals surface area contributed by atoms with Crippen LogP contribution in [0.1, 0.15) is 50.2 Å². The van der Waals surface area contributed by atoms with E-state index >= 15 is 0 Å². The lowest BCUT2D eigenvalue weighted by atomic mass is 9.86. The minimum Gasteiger partial charge on any atom is -0.339 e. The monoisotopic (exact) mass is 257 g/mol. The molecule has 4 nitrogen and oxygen atoms in total. The van der Waals surface area contributed by atoms with Crippen LogP contribution in [0.5, 0.6) is 0 Å². The molecule has 0 amide bonds. The number of hydrogen-bond donors (Lipinski definition) is 1. The molecule has 0 unspecified atom stereocenters. The van der Waals surface area contributed by atoms with Crippen LogP contribution in [0.2, 0.25) is 0 Å². The summed E-state index contributed by atoms with van der Waals surface area (Å²) in [5.41, 5.74) is 5.89. The summed E-state index contributed by atoms with van der Waals surface area (Å²) in [6.07, 6.45) is 8.32. The van der Waals surface area contributed by atoms with Gasteiger partial charge in [0.2, 0.25) is 5.89 Å². The highest BCUT2D eigenvalue weighted by Crippen LogP contribution is 2.39. The molecule has 1 aromatic heterocycles. The maximum Gasteiger partial charge on any atom is 0.234 e. The summed E-state index contributed by atoms with van der Waals surface area (Å²) >= 11 is 0. The molecule has 1 aromatic rings. The number of nitrogens with two attached hydrogens (primary N) is 1. The Bertz CT molecular complexity index is 370. The van der Waals surface area contributed by atoms with Crippen molar-refractivity contribution in [3.63, 3.8) is 0 Å². The van der Waals surface area contributed by atoms with Gasteiger partial charge in [-0.25, -0.2) is 0 Å². The SMILES string of the molecule is Cl.NCC1(c2nc(CC3CC3)no2)CCCC1. The first-order chi connectivity index (χ1) is 7.82. The van der Waals surface area contributed by atoms with Crippen LogP contribution in [0.25, 0.3) is 0 Å². The highest BCUT2D eigenvalue weighted by molar-refractivity contribution is 5.85. The van der Waals surface area contributed by atoms with Crippen molar-refractivity contribution in [2.45, 2.75) is 50.4 Å². The van der Waals surface area contributed by atoms with Crippen molar-refractivity contribution in [2.75, 3.05) is 6.54 Å². The van der Waals surface area contributed by atoms with Crippen LogP contribution in [0.15, 0.2) is 4.52 Å². The fraction of sp³-hybridized carbons (Fsp3) is 0.833. The zero-order valence-corrected chi connectivity index (χ0v) is 10.8. The van der Waals surface area contributed by atoms with Gasteiger partial charge in [-0.2, -0.15) is 4.98 Å². The Labute approximate surface area is 108 Å². The van der Waals surface area contributed by atoms with Gasteiger partial charge in [-0.15, -0.1) is 12.4 Å². The van der Waals surface area contributed by atoms with Crippen molar-refractivity contribution in [1.82, 2.24) is 10.1 Å². The molecule has 0 radical (unpaired) electrons. The maximum atomic E-state index is 5.90. The number of hydrogen-bond acceptors (Lipinski definition) is 4. The summed E-state index contributed by atoms with van der Waals surface area (Å²) in [4.78, 5) is 4.56. The minimum absolute atomic E-state index is 0. The predicted molar refractivity (Wildman–Crippen MR) is 67.2 cm³/mol. The molecule has 3 rings (SSSR count). The van der Waals surface area contributed by atoms with E-state index in [9.17, 15) is 0 Å². The van der Waals surface area contributed by atoms with Crippen molar-refractivity contribution < 1.29 is 4.52 Å². The zero-order chi connectivity index (χ0) is 11.0. The van der Waals surface area contributed by atoms with Gasteiger partial charge in [0.25, 0.3) is 0 Å². The molecular formula is C12H20ClN3O. The lowest BCUT2D eigenvalue weighted by molar-refractivity contribution is 0.283. The van der Waals surface area contributed by atoms with Crippen molar-refractivity contribution in [2.24, 2.45) is 11.7 Å². The highest BCUT2D eigenvalue weighted by atomic mass is 35.5. The molecule has 2 saturated carbocycles. The fourth-order valence-electron chi connectivity index (χ4n) is 2.69. The molecule has 0 saturated heterocycles. The molecule has 2 N–H and O–H groups in total. The van der Waals surface area contributed by atoms with E-state index in [2.05, 4.69) is 10.1 Å². The Hall–Kier alpha value is -0.610. The number of rotatable bonds is 4. The Kier molecular flexibility index (Phi) is 3.73. The number of halogens is 1. The molecule has 0 aromatic carbocycles. The second-order valence-electron chi connectivity index (χ2n) is 5.35. The average molecular weight is 258 g/mol. The first kappa shape index (κ1) is 12.8. The topological polar surface area (TPSA) is 64.9 Å². The summed E-state index contributed by atoms with van der Waals surface area (Å²) in [7, 11) is 0. The molecule has 0 bridgehead atoms. The Balaban J connectivity index is 0.00000108. The number of aromatic nitrogens is 2. The molecule has 5 heteroatoms. The lowest BCUT2D eigenvalue weighted by Crippen LogP contribution is -2.32. The first-order valence-electron chi connectivity index (χ1n) is 6.35. The third-order valence-corrected chi connectivity index (χ3v) is 4.04. The quantitative estimate of drug-likeness (QED) is 0.898. The molecule has 0 aliphatic heterocycles. The summed E-state index contributed by atoms with van der Waals surface area (Å²) in [5, 5.41) is 4.09. The maximum absolute atomic E-state index is 5.90. The molecule has 1 heterocycles. The molecule has 17 heavy (non-hydrogen) atoms. The van der Waals surface area contributed by atoms with E-state index in [4.69, 9.17) is 10.3 Å². The van der Waals surface area contributed by atoms with E-state index < -0.39 is 0 Å². The van der Waals surface area contributed by atoms with E-state index in [0.29, 0.717) is 6.54 Å². The smallest absolute Gasteiger partial charge is 0.234 e. The van der Waals surface area contributed by atoms with Crippen LogP contribution in [0.4, 0.5) is 0 Å². The second-order valence-corrected chi connectivity index (χ2v) is 5.35. The summed E-state index contributed by atoms with van der Waals surface area (Å²) in [6, 6.07) is 0. The molecular weight excluding hydrogens is 238 g/mol. The largest absolute Gasteiger partial charge is 0.339 e.